The molecule has 2 rings (SSSR count). The monoisotopic (exact) mass is 249 g/mol. The molecule has 0 unspecified atom stereocenters. The van der Waals surface area contributed by atoms with E-state index in [0.29, 0.717) is 23.1 Å². The van der Waals surface area contributed by atoms with Crippen LogP contribution in [0, 0.1) is 0 Å². The van der Waals surface area contributed by atoms with Crippen molar-refractivity contribution in [2.24, 2.45) is 0 Å². The molecule has 88 valence electrons. The SMILES string of the molecule is Nc1cc(COc2cccc(O)c2)ccc1Cl. The van der Waals surface area contributed by atoms with E-state index in [1.165, 1.54) is 0 Å². The molecule has 0 radical (unpaired) electrons. The molecule has 0 bridgehead atoms. The van der Waals surface area contributed by atoms with E-state index in [-0.39, 0.29) is 5.75 Å². The van der Waals surface area contributed by atoms with E-state index in [1.807, 2.05) is 6.07 Å². The highest BCUT2D eigenvalue weighted by atomic mass is 35.5. The van der Waals surface area contributed by atoms with E-state index >= 15 is 0 Å². The molecule has 4 heteroatoms. The zero-order valence-corrected chi connectivity index (χ0v) is 9.82. The molecule has 0 aliphatic carbocycles. The second-order valence-corrected chi connectivity index (χ2v) is 4.05. The predicted octanol–water partition coefficient (Wildman–Crippen LogP) is 3.21. The summed E-state index contributed by atoms with van der Waals surface area (Å²) in [6.45, 7) is 0.380. The first-order valence-corrected chi connectivity index (χ1v) is 5.48. The fourth-order valence-corrected chi connectivity index (χ4v) is 1.54. The summed E-state index contributed by atoms with van der Waals surface area (Å²) in [7, 11) is 0. The molecular weight excluding hydrogens is 238 g/mol. The number of anilines is 1. The topological polar surface area (TPSA) is 55.5 Å². The van der Waals surface area contributed by atoms with Crippen molar-refractivity contribution in [3.8, 4) is 11.5 Å². The van der Waals surface area contributed by atoms with Crippen LogP contribution in [0.15, 0.2) is 42.5 Å². The van der Waals surface area contributed by atoms with E-state index in [2.05, 4.69) is 0 Å². The Balaban J connectivity index is 2.05. The molecule has 0 aliphatic rings. The highest BCUT2D eigenvalue weighted by Crippen LogP contribution is 2.22. The summed E-state index contributed by atoms with van der Waals surface area (Å²) in [4.78, 5) is 0. The molecule has 0 spiro atoms. The third-order valence-corrected chi connectivity index (χ3v) is 2.63. The van der Waals surface area contributed by atoms with Gasteiger partial charge in [0.25, 0.3) is 0 Å². The third-order valence-electron chi connectivity index (χ3n) is 2.28. The Morgan fingerprint density at radius 2 is 2.00 bits per heavy atom. The fourth-order valence-electron chi connectivity index (χ4n) is 1.42. The maximum Gasteiger partial charge on any atom is 0.123 e. The van der Waals surface area contributed by atoms with Crippen LogP contribution in [0.3, 0.4) is 0 Å². The summed E-state index contributed by atoms with van der Waals surface area (Å²) in [6.07, 6.45) is 0. The van der Waals surface area contributed by atoms with Crippen LogP contribution in [0.4, 0.5) is 5.69 Å². The van der Waals surface area contributed by atoms with Gasteiger partial charge in [-0.3, -0.25) is 0 Å². The van der Waals surface area contributed by atoms with Crippen LogP contribution in [0.5, 0.6) is 11.5 Å². The van der Waals surface area contributed by atoms with Crippen LogP contribution in [0.1, 0.15) is 5.56 Å². The minimum atomic E-state index is 0.179. The molecule has 0 aromatic heterocycles. The largest absolute Gasteiger partial charge is 0.508 e. The zero-order chi connectivity index (χ0) is 12.3. The van der Waals surface area contributed by atoms with Gasteiger partial charge in [-0.2, -0.15) is 0 Å². The van der Waals surface area contributed by atoms with Gasteiger partial charge in [0.2, 0.25) is 0 Å². The summed E-state index contributed by atoms with van der Waals surface area (Å²) in [5.74, 6) is 0.789. The minimum Gasteiger partial charge on any atom is -0.508 e. The Morgan fingerprint density at radius 1 is 1.18 bits per heavy atom. The Morgan fingerprint density at radius 3 is 2.71 bits per heavy atom. The van der Waals surface area contributed by atoms with Gasteiger partial charge < -0.3 is 15.6 Å². The summed E-state index contributed by atoms with van der Waals surface area (Å²) in [5.41, 5.74) is 7.14. The number of aromatic hydroxyl groups is 1. The normalized spacial score (nSPS) is 10.2. The lowest BCUT2D eigenvalue weighted by Gasteiger charge is -2.07. The molecule has 0 saturated carbocycles. The van der Waals surface area contributed by atoms with Gasteiger partial charge in [0.05, 0.1) is 10.7 Å². The second-order valence-electron chi connectivity index (χ2n) is 3.64. The van der Waals surface area contributed by atoms with Gasteiger partial charge in [-0.15, -0.1) is 0 Å². The molecule has 2 aromatic carbocycles. The maximum absolute atomic E-state index is 9.27. The number of nitrogens with two attached hydrogens (primary N) is 1. The number of nitrogen functional groups attached to an aromatic ring is 1. The predicted molar refractivity (Wildman–Crippen MR) is 68.3 cm³/mol. The van der Waals surface area contributed by atoms with E-state index in [4.69, 9.17) is 22.1 Å². The fraction of sp³-hybridized carbons (Fsp3) is 0.0769. The van der Waals surface area contributed by atoms with Crippen molar-refractivity contribution in [2.45, 2.75) is 6.61 Å². The van der Waals surface area contributed by atoms with Gasteiger partial charge >= 0.3 is 0 Å². The summed E-state index contributed by atoms with van der Waals surface area (Å²) >= 11 is 5.82. The molecule has 0 fully saturated rings. The lowest BCUT2D eigenvalue weighted by atomic mass is 10.2. The molecule has 0 saturated heterocycles. The van der Waals surface area contributed by atoms with Crippen LogP contribution in [-0.4, -0.2) is 5.11 Å². The van der Waals surface area contributed by atoms with Crippen LogP contribution < -0.4 is 10.5 Å². The first-order chi connectivity index (χ1) is 8.15. The highest BCUT2D eigenvalue weighted by Gasteiger charge is 2.00. The van der Waals surface area contributed by atoms with Gasteiger partial charge in [-0.25, -0.2) is 0 Å². The number of ether oxygens (including phenoxy) is 1. The van der Waals surface area contributed by atoms with Crippen molar-refractivity contribution in [1.82, 2.24) is 0 Å². The standard InChI is InChI=1S/C13H12ClNO2/c14-12-5-4-9(6-13(12)15)8-17-11-3-1-2-10(16)7-11/h1-7,16H,8,15H2. The van der Waals surface area contributed by atoms with Crippen molar-refractivity contribution in [3.63, 3.8) is 0 Å². The quantitative estimate of drug-likeness (QED) is 0.822. The lowest BCUT2D eigenvalue weighted by molar-refractivity contribution is 0.304. The number of hydrogen-bond donors (Lipinski definition) is 2. The summed E-state index contributed by atoms with van der Waals surface area (Å²) in [5, 5.41) is 9.81. The molecule has 17 heavy (non-hydrogen) atoms. The van der Waals surface area contributed by atoms with Crippen molar-refractivity contribution < 1.29 is 9.84 Å². The van der Waals surface area contributed by atoms with Gasteiger partial charge in [0.1, 0.15) is 18.1 Å². The van der Waals surface area contributed by atoms with Gasteiger partial charge in [0, 0.05) is 6.07 Å². The zero-order valence-electron chi connectivity index (χ0n) is 9.06. The molecule has 3 N–H and O–H groups in total. The summed E-state index contributed by atoms with van der Waals surface area (Å²) < 4.78 is 5.51. The number of rotatable bonds is 3. The smallest absolute Gasteiger partial charge is 0.123 e. The Labute approximate surface area is 104 Å². The van der Waals surface area contributed by atoms with Crippen LogP contribution in [0.25, 0.3) is 0 Å². The lowest BCUT2D eigenvalue weighted by Crippen LogP contribution is -1.97. The van der Waals surface area contributed by atoms with Crippen molar-refractivity contribution in [3.05, 3.63) is 53.1 Å². The van der Waals surface area contributed by atoms with Crippen LogP contribution >= 0.6 is 11.6 Å². The first kappa shape index (κ1) is 11.6. The van der Waals surface area contributed by atoms with E-state index in [1.54, 1.807) is 36.4 Å². The number of hydrogen-bond acceptors (Lipinski definition) is 3. The molecule has 0 atom stereocenters. The highest BCUT2D eigenvalue weighted by molar-refractivity contribution is 6.33. The molecular formula is C13H12ClNO2. The molecule has 3 nitrogen and oxygen atoms in total. The second kappa shape index (κ2) is 4.97. The number of benzene rings is 2. The van der Waals surface area contributed by atoms with Crippen molar-refractivity contribution in [1.29, 1.82) is 0 Å². The molecule has 2 aromatic rings. The van der Waals surface area contributed by atoms with Crippen molar-refractivity contribution in [2.75, 3.05) is 5.73 Å². The number of phenolic OH excluding ortho intramolecular Hbond substituents is 1. The van der Waals surface area contributed by atoms with E-state index < -0.39 is 0 Å². The van der Waals surface area contributed by atoms with Gasteiger partial charge in [0.15, 0.2) is 0 Å². The maximum atomic E-state index is 9.27. The molecule has 0 aliphatic heterocycles. The van der Waals surface area contributed by atoms with Gasteiger partial charge in [-0.05, 0) is 29.8 Å². The third kappa shape index (κ3) is 3.04. The Kier molecular flexibility index (Phi) is 3.40. The van der Waals surface area contributed by atoms with E-state index in [0.717, 1.165) is 5.56 Å². The van der Waals surface area contributed by atoms with Gasteiger partial charge in [-0.1, -0.05) is 23.7 Å². The first-order valence-electron chi connectivity index (χ1n) is 5.11. The average Bonchev–Trinajstić information content (AvgIpc) is 2.31. The molecule has 0 heterocycles. The number of phenols is 1. The molecule has 0 amide bonds. The summed E-state index contributed by atoms with van der Waals surface area (Å²) in [6, 6.07) is 12.0. The minimum absolute atomic E-state index is 0.179. The Hall–Kier alpha value is -1.87. The van der Waals surface area contributed by atoms with E-state index in [9.17, 15) is 5.11 Å². The van der Waals surface area contributed by atoms with Crippen LogP contribution in [0.2, 0.25) is 5.02 Å². The Bertz CT molecular complexity index is 529. The number of halogens is 1. The van der Waals surface area contributed by atoms with Crippen molar-refractivity contribution >= 4 is 17.3 Å². The van der Waals surface area contributed by atoms with Crippen LogP contribution in [-0.2, 0) is 6.61 Å². The average molecular weight is 250 g/mol.